The van der Waals surface area contributed by atoms with E-state index in [2.05, 4.69) is 43.4 Å². The summed E-state index contributed by atoms with van der Waals surface area (Å²) in [4.78, 5) is 0. The Hall–Kier alpha value is -0.510. The van der Waals surface area contributed by atoms with Crippen molar-refractivity contribution < 1.29 is 5.11 Å². The summed E-state index contributed by atoms with van der Waals surface area (Å²) in [5, 5.41) is 12.7. The average molecular weight is 253 g/mol. The first kappa shape index (κ1) is 14.6. The highest BCUT2D eigenvalue weighted by Gasteiger charge is 2.20. The van der Waals surface area contributed by atoms with Crippen LogP contribution in [0, 0.1) is 0 Å². The standard InChI is InChI=1S/C14H23NOS/c1-3-15-14(2,12-16)9-10-17-11-13-7-5-4-6-8-13/h4-8,15-16H,3,9-12H2,1-2H3. The molecule has 2 nitrogen and oxygen atoms in total. The van der Waals surface area contributed by atoms with Crippen LogP contribution in [0.4, 0.5) is 0 Å². The van der Waals surface area contributed by atoms with Gasteiger partial charge in [-0.25, -0.2) is 0 Å². The van der Waals surface area contributed by atoms with E-state index in [-0.39, 0.29) is 12.1 Å². The predicted octanol–water partition coefficient (Wildman–Crippen LogP) is 2.67. The lowest BCUT2D eigenvalue weighted by atomic mass is 10.0. The molecule has 96 valence electrons. The Balaban J connectivity index is 2.23. The summed E-state index contributed by atoms with van der Waals surface area (Å²) in [5.74, 6) is 2.12. The molecule has 17 heavy (non-hydrogen) atoms. The van der Waals surface area contributed by atoms with Gasteiger partial charge in [-0.2, -0.15) is 11.8 Å². The van der Waals surface area contributed by atoms with Crippen molar-refractivity contribution in [1.82, 2.24) is 5.32 Å². The first-order chi connectivity index (χ1) is 8.20. The third-order valence-corrected chi connectivity index (χ3v) is 3.89. The number of benzene rings is 1. The Bertz CT molecular complexity index is 304. The van der Waals surface area contributed by atoms with Crippen molar-refractivity contribution in [3.8, 4) is 0 Å². The van der Waals surface area contributed by atoms with Gasteiger partial charge in [0.2, 0.25) is 0 Å². The average Bonchev–Trinajstić information content (AvgIpc) is 2.36. The molecule has 0 bridgehead atoms. The zero-order chi connectivity index (χ0) is 12.6. The molecule has 0 spiro atoms. The Morgan fingerprint density at radius 2 is 2.00 bits per heavy atom. The monoisotopic (exact) mass is 253 g/mol. The van der Waals surface area contributed by atoms with E-state index in [0.717, 1.165) is 24.5 Å². The van der Waals surface area contributed by atoms with Gasteiger partial charge in [-0.15, -0.1) is 0 Å². The second-order valence-corrected chi connectivity index (χ2v) is 5.64. The Morgan fingerprint density at radius 1 is 1.29 bits per heavy atom. The van der Waals surface area contributed by atoms with Gasteiger partial charge in [-0.3, -0.25) is 0 Å². The number of rotatable bonds is 8. The molecule has 3 heteroatoms. The minimum Gasteiger partial charge on any atom is -0.394 e. The molecule has 0 radical (unpaired) electrons. The van der Waals surface area contributed by atoms with E-state index >= 15 is 0 Å². The first-order valence-electron chi connectivity index (χ1n) is 6.18. The second kappa shape index (κ2) is 7.75. The maximum Gasteiger partial charge on any atom is 0.0610 e. The minimum atomic E-state index is -0.127. The molecule has 1 rings (SSSR count). The molecule has 0 aliphatic heterocycles. The normalized spacial score (nSPS) is 14.5. The molecule has 1 aromatic carbocycles. The summed E-state index contributed by atoms with van der Waals surface area (Å²) in [7, 11) is 0. The van der Waals surface area contributed by atoms with Gasteiger partial charge in [0.1, 0.15) is 0 Å². The maximum absolute atomic E-state index is 9.36. The summed E-state index contributed by atoms with van der Waals surface area (Å²) in [5.41, 5.74) is 1.24. The number of aliphatic hydroxyl groups is 1. The van der Waals surface area contributed by atoms with Crippen LogP contribution >= 0.6 is 11.8 Å². The highest BCUT2D eigenvalue weighted by molar-refractivity contribution is 7.98. The van der Waals surface area contributed by atoms with Gasteiger partial charge < -0.3 is 10.4 Å². The van der Waals surface area contributed by atoms with Gasteiger partial charge in [0.15, 0.2) is 0 Å². The number of hydrogen-bond acceptors (Lipinski definition) is 3. The van der Waals surface area contributed by atoms with E-state index in [1.807, 2.05) is 17.8 Å². The summed E-state index contributed by atoms with van der Waals surface area (Å²) < 4.78 is 0. The maximum atomic E-state index is 9.36. The van der Waals surface area contributed by atoms with Crippen LogP contribution < -0.4 is 5.32 Å². The lowest BCUT2D eigenvalue weighted by Gasteiger charge is -2.28. The van der Waals surface area contributed by atoms with E-state index in [9.17, 15) is 5.11 Å². The summed E-state index contributed by atoms with van der Waals surface area (Å²) >= 11 is 1.92. The molecule has 0 saturated carbocycles. The van der Waals surface area contributed by atoms with Crippen molar-refractivity contribution >= 4 is 11.8 Å². The minimum absolute atomic E-state index is 0.127. The second-order valence-electron chi connectivity index (χ2n) is 4.54. The van der Waals surface area contributed by atoms with Gasteiger partial charge in [-0.05, 0) is 31.2 Å². The van der Waals surface area contributed by atoms with E-state index < -0.39 is 0 Å². The van der Waals surface area contributed by atoms with Crippen molar-refractivity contribution in [1.29, 1.82) is 0 Å². The molecule has 0 aliphatic rings. The molecule has 0 saturated heterocycles. The lowest BCUT2D eigenvalue weighted by Crippen LogP contribution is -2.46. The molecule has 0 heterocycles. The van der Waals surface area contributed by atoms with Crippen LogP contribution in [0.25, 0.3) is 0 Å². The zero-order valence-electron chi connectivity index (χ0n) is 10.8. The van der Waals surface area contributed by atoms with Crippen LogP contribution in [0.2, 0.25) is 0 Å². The molecular weight excluding hydrogens is 230 g/mol. The van der Waals surface area contributed by atoms with Crippen LogP contribution in [0.5, 0.6) is 0 Å². The number of aliphatic hydroxyl groups excluding tert-OH is 1. The molecule has 0 aromatic heterocycles. The van der Waals surface area contributed by atoms with Crippen LogP contribution in [0.3, 0.4) is 0 Å². The van der Waals surface area contributed by atoms with E-state index in [1.165, 1.54) is 5.56 Å². The Kier molecular flexibility index (Phi) is 6.63. The fourth-order valence-corrected chi connectivity index (χ4v) is 2.88. The lowest BCUT2D eigenvalue weighted by molar-refractivity contribution is 0.173. The third-order valence-electron chi connectivity index (χ3n) is 2.86. The Morgan fingerprint density at radius 3 is 2.59 bits per heavy atom. The molecule has 2 N–H and O–H groups in total. The summed E-state index contributed by atoms with van der Waals surface area (Å²) in [6, 6.07) is 10.5. The largest absolute Gasteiger partial charge is 0.394 e. The van der Waals surface area contributed by atoms with Crippen LogP contribution in [-0.4, -0.2) is 29.5 Å². The van der Waals surface area contributed by atoms with Crippen molar-refractivity contribution in [3.05, 3.63) is 35.9 Å². The van der Waals surface area contributed by atoms with Gasteiger partial charge in [0, 0.05) is 11.3 Å². The van der Waals surface area contributed by atoms with Crippen LogP contribution in [0.15, 0.2) is 30.3 Å². The quantitative estimate of drug-likeness (QED) is 0.699. The Labute approximate surface area is 109 Å². The van der Waals surface area contributed by atoms with Crippen molar-refractivity contribution in [2.45, 2.75) is 31.6 Å². The van der Waals surface area contributed by atoms with Crippen molar-refractivity contribution in [2.75, 3.05) is 18.9 Å². The number of thioether (sulfide) groups is 1. The molecule has 1 atom stereocenters. The highest BCUT2D eigenvalue weighted by atomic mass is 32.2. The molecule has 0 aliphatic carbocycles. The van der Waals surface area contributed by atoms with Gasteiger partial charge in [0.25, 0.3) is 0 Å². The van der Waals surface area contributed by atoms with E-state index in [0.29, 0.717) is 0 Å². The van der Waals surface area contributed by atoms with Crippen molar-refractivity contribution in [2.24, 2.45) is 0 Å². The van der Waals surface area contributed by atoms with Crippen LogP contribution in [-0.2, 0) is 5.75 Å². The molecule has 1 aromatic rings. The summed E-state index contributed by atoms with van der Waals surface area (Å²) in [6.07, 6.45) is 0.995. The molecule has 1 unspecified atom stereocenters. The SMILES string of the molecule is CCNC(C)(CO)CCSCc1ccccc1. The fourth-order valence-electron chi connectivity index (χ4n) is 1.71. The predicted molar refractivity (Wildman–Crippen MR) is 76.4 cm³/mol. The fraction of sp³-hybridized carbons (Fsp3) is 0.571. The van der Waals surface area contributed by atoms with Gasteiger partial charge in [-0.1, -0.05) is 37.3 Å². The number of nitrogens with one attached hydrogen (secondary N) is 1. The molecule has 0 fully saturated rings. The van der Waals surface area contributed by atoms with Gasteiger partial charge >= 0.3 is 0 Å². The highest BCUT2D eigenvalue weighted by Crippen LogP contribution is 2.17. The third kappa shape index (κ3) is 5.57. The number of likely N-dealkylation sites (N-methyl/N-ethyl adjacent to an activating group) is 1. The smallest absolute Gasteiger partial charge is 0.0610 e. The zero-order valence-corrected chi connectivity index (χ0v) is 11.6. The van der Waals surface area contributed by atoms with Crippen molar-refractivity contribution in [3.63, 3.8) is 0 Å². The first-order valence-corrected chi connectivity index (χ1v) is 7.33. The topological polar surface area (TPSA) is 32.3 Å². The van der Waals surface area contributed by atoms with Gasteiger partial charge in [0.05, 0.1) is 6.61 Å². The molecular formula is C14H23NOS. The van der Waals surface area contributed by atoms with Crippen LogP contribution in [0.1, 0.15) is 25.8 Å². The molecule has 0 amide bonds. The number of hydrogen-bond donors (Lipinski definition) is 2. The summed E-state index contributed by atoms with van der Waals surface area (Å²) in [6.45, 7) is 5.26. The van der Waals surface area contributed by atoms with E-state index in [1.54, 1.807) is 0 Å². The van der Waals surface area contributed by atoms with E-state index in [4.69, 9.17) is 0 Å².